The lowest BCUT2D eigenvalue weighted by atomic mass is 10.1. The Kier molecular flexibility index (Phi) is 5.20. The number of thiazole rings is 1. The second kappa shape index (κ2) is 6.90. The third-order valence-electron chi connectivity index (χ3n) is 3.41. The molecule has 1 atom stereocenters. The maximum absolute atomic E-state index is 4.69. The van der Waals surface area contributed by atoms with Crippen LogP contribution in [0, 0.1) is 6.92 Å². The van der Waals surface area contributed by atoms with Crippen LogP contribution in [0.3, 0.4) is 0 Å². The van der Waals surface area contributed by atoms with Crippen LogP contribution in [0.4, 0.5) is 5.13 Å². The molecule has 0 spiro atoms. The highest BCUT2D eigenvalue weighted by atomic mass is 32.1. The summed E-state index contributed by atoms with van der Waals surface area (Å²) in [7, 11) is 0. The van der Waals surface area contributed by atoms with E-state index in [4.69, 9.17) is 4.98 Å². The number of anilines is 1. The van der Waals surface area contributed by atoms with E-state index in [0.29, 0.717) is 6.04 Å². The van der Waals surface area contributed by atoms with Crippen LogP contribution in [-0.2, 0) is 0 Å². The first-order valence-electron chi connectivity index (χ1n) is 7.36. The molecule has 1 heterocycles. The van der Waals surface area contributed by atoms with Crippen LogP contribution in [0.15, 0.2) is 18.2 Å². The zero-order valence-electron chi connectivity index (χ0n) is 12.2. The van der Waals surface area contributed by atoms with E-state index in [9.17, 15) is 0 Å². The maximum atomic E-state index is 4.69. The topological polar surface area (TPSA) is 24.9 Å². The molecule has 0 bridgehead atoms. The number of benzene rings is 1. The number of unbranched alkanes of at least 4 members (excludes halogenated alkanes) is 1. The monoisotopic (exact) mass is 276 g/mol. The molecule has 3 heteroatoms. The molecule has 0 fully saturated rings. The lowest BCUT2D eigenvalue weighted by Crippen LogP contribution is -2.18. The number of nitrogens with one attached hydrogen (secondary N) is 1. The largest absolute Gasteiger partial charge is 0.359 e. The molecule has 2 rings (SSSR count). The molecule has 0 radical (unpaired) electrons. The first-order chi connectivity index (χ1) is 9.22. The molecule has 1 aromatic carbocycles. The van der Waals surface area contributed by atoms with Crippen molar-refractivity contribution >= 4 is 26.7 Å². The van der Waals surface area contributed by atoms with E-state index in [1.54, 1.807) is 11.3 Å². The lowest BCUT2D eigenvalue weighted by molar-refractivity contribution is 0.564. The highest BCUT2D eigenvalue weighted by molar-refractivity contribution is 7.22. The normalized spacial score (nSPS) is 12.8. The minimum Gasteiger partial charge on any atom is -0.359 e. The van der Waals surface area contributed by atoms with Crippen molar-refractivity contribution in [3.05, 3.63) is 23.8 Å². The van der Waals surface area contributed by atoms with Gasteiger partial charge in [-0.3, -0.25) is 0 Å². The van der Waals surface area contributed by atoms with E-state index < -0.39 is 0 Å². The van der Waals surface area contributed by atoms with E-state index in [1.807, 2.05) is 0 Å². The average molecular weight is 276 g/mol. The number of aromatic nitrogens is 1. The number of hydrogen-bond acceptors (Lipinski definition) is 3. The molecule has 0 amide bonds. The number of rotatable bonds is 7. The van der Waals surface area contributed by atoms with Crippen molar-refractivity contribution in [2.24, 2.45) is 0 Å². The molecule has 1 N–H and O–H groups in total. The quantitative estimate of drug-likeness (QED) is 0.734. The predicted molar refractivity (Wildman–Crippen MR) is 86.2 cm³/mol. The van der Waals surface area contributed by atoms with E-state index >= 15 is 0 Å². The Labute approximate surface area is 120 Å². The van der Waals surface area contributed by atoms with Gasteiger partial charge in [-0.1, -0.05) is 50.5 Å². The Hall–Kier alpha value is -1.09. The molecule has 1 aromatic heterocycles. The molecule has 0 aliphatic carbocycles. The minimum absolute atomic E-state index is 0.576. The summed E-state index contributed by atoms with van der Waals surface area (Å²) < 4.78 is 1.29. The minimum atomic E-state index is 0.576. The van der Waals surface area contributed by atoms with Crippen LogP contribution in [0.5, 0.6) is 0 Å². The standard InChI is InChI=1S/C16H24N2S/c1-4-6-8-13(7-5-2)17-16-18-14-10-9-12(3)11-15(14)19-16/h9-11,13H,4-8H2,1-3H3,(H,17,18). The van der Waals surface area contributed by atoms with Crippen molar-refractivity contribution in [3.8, 4) is 0 Å². The van der Waals surface area contributed by atoms with Gasteiger partial charge >= 0.3 is 0 Å². The Morgan fingerprint density at radius 3 is 2.79 bits per heavy atom. The van der Waals surface area contributed by atoms with Crippen molar-refractivity contribution in [3.63, 3.8) is 0 Å². The molecule has 0 aliphatic rings. The van der Waals surface area contributed by atoms with Crippen molar-refractivity contribution < 1.29 is 0 Å². The Balaban J connectivity index is 2.09. The van der Waals surface area contributed by atoms with E-state index in [2.05, 4.69) is 44.3 Å². The molecule has 0 aliphatic heterocycles. The molecule has 104 valence electrons. The van der Waals surface area contributed by atoms with Crippen LogP contribution in [0.25, 0.3) is 10.2 Å². The number of nitrogens with zero attached hydrogens (tertiary/aromatic N) is 1. The second-order valence-corrected chi connectivity index (χ2v) is 6.29. The first-order valence-corrected chi connectivity index (χ1v) is 8.18. The van der Waals surface area contributed by atoms with Gasteiger partial charge in [-0.25, -0.2) is 4.98 Å². The molecule has 1 unspecified atom stereocenters. The van der Waals surface area contributed by atoms with Crippen LogP contribution in [0.2, 0.25) is 0 Å². The maximum Gasteiger partial charge on any atom is 0.184 e. The van der Waals surface area contributed by atoms with Gasteiger partial charge in [0, 0.05) is 6.04 Å². The molecule has 2 aromatic rings. The lowest BCUT2D eigenvalue weighted by Gasteiger charge is -2.16. The molecule has 2 nitrogen and oxygen atoms in total. The first kappa shape index (κ1) is 14.3. The van der Waals surface area contributed by atoms with Crippen LogP contribution >= 0.6 is 11.3 Å². The van der Waals surface area contributed by atoms with Crippen molar-refractivity contribution in [1.29, 1.82) is 0 Å². The fraction of sp³-hybridized carbons (Fsp3) is 0.562. The summed E-state index contributed by atoms with van der Waals surface area (Å²) in [4.78, 5) is 4.69. The van der Waals surface area contributed by atoms with Gasteiger partial charge < -0.3 is 5.32 Å². The van der Waals surface area contributed by atoms with Gasteiger partial charge in [0.15, 0.2) is 5.13 Å². The molecule has 19 heavy (non-hydrogen) atoms. The van der Waals surface area contributed by atoms with Gasteiger partial charge in [-0.2, -0.15) is 0 Å². The zero-order chi connectivity index (χ0) is 13.7. The summed E-state index contributed by atoms with van der Waals surface area (Å²) in [6.07, 6.45) is 6.27. The van der Waals surface area contributed by atoms with E-state index in [1.165, 1.54) is 42.4 Å². The Morgan fingerprint density at radius 1 is 1.21 bits per heavy atom. The summed E-state index contributed by atoms with van der Waals surface area (Å²) in [6, 6.07) is 7.05. The van der Waals surface area contributed by atoms with E-state index in [-0.39, 0.29) is 0 Å². The highest BCUT2D eigenvalue weighted by Crippen LogP contribution is 2.28. The van der Waals surface area contributed by atoms with Gasteiger partial charge in [0.1, 0.15) is 0 Å². The fourth-order valence-electron chi connectivity index (χ4n) is 2.36. The summed E-state index contributed by atoms with van der Waals surface area (Å²) >= 11 is 1.78. The third kappa shape index (κ3) is 3.93. The number of hydrogen-bond donors (Lipinski definition) is 1. The van der Waals surface area contributed by atoms with Crippen molar-refractivity contribution in [1.82, 2.24) is 4.98 Å². The molecule has 0 saturated carbocycles. The fourth-order valence-corrected chi connectivity index (χ4v) is 3.40. The van der Waals surface area contributed by atoms with Gasteiger partial charge in [-0.15, -0.1) is 0 Å². The average Bonchev–Trinajstić information content (AvgIpc) is 2.77. The summed E-state index contributed by atoms with van der Waals surface area (Å²) in [6.45, 7) is 6.64. The predicted octanol–water partition coefficient (Wildman–Crippen LogP) is 5.38. The van der Waals surface area contributed by atoms with Crippen LogP contribution in [-0.4, -0.2) is 11.0 Å². The van der Waals surface area contributed by atoms with Gasteiger partial charge in [0.25, 0.3) is 0 Å². The SMILES string of the molecule is CCCCC(CCC)Nc1nc2ccc(C)cc2s1. The zero-order valence-corrected chi connectivity index (χ0v) is 13.0. The number of fused-ring (bicyclic) bond motifs is 1. The van der Waals surface area contributed by atoms with Crippen molar-refractivity contribution in [2.45, 2.75) is 58.9 Å². The Bertz CT molecular complexity index is 518. The summed E-state index contributed by atoms with van der Waals surface area (Å²) in [5.74, 6) is 0. The highest BCUT2D eigenvalue weighted by Gasteiger charge is 2.10. The Morgan fingerprint density at radius 2 is 2.05 bits per heavy atom. The van der Waals surface area contributed by atoms with Crippen LogP contribution in [0.1, 0.15) is 51.5 Å². The molecular weight excluding hydrogens is 252 g/mol. The van der Waals surface area contributed by atoms with Crippen LogP contribution < -0.4 is 5.32 Å². The third-order valence-corrected chi connectivity index (χ3v) is 4.36. The van der Waals surface area contributed by atoms with E-state index in [0.717, 1.165) is 10.6 Å². The summed E-state index contributed by atoms with van der Waals surface area (Å²) in [5.41, 5.74) is 2.42. The second-order valence-electron chi connectivity index (χ2n) is 5.26. The smallest absolute Gasteiger partial charge is 0.184 e. The molecular formula is C16H24N2S. The van der Waals surface area contributed by atoms with Gasteiger partial charge in [-0.05, 0) is 37.5 Å². The van der Waals surface area contributed by atoms with Gasteiger partial charge in [0.2, 0.25) is 0 Å². The van der Waals surface area contributed by atoms with Crippen molar-refractivity contribution in [2.75, 3.05) is 5.32 Å². The number of aryl methyl sites for hydroxylation is 1. The van der Waals surface area contributed by atoms with Gasteiger partial charge in [0.05, 0.1) is 10.2 Å². The summed E-state index contributed by atoms with van der Waals surface area (Å²) in [5, 5.41) is 4.71. The molecule has 0 saturated heterocycles.